The van der Waals surface area contributed by atoms with Gasteiger partial charge in [-0.15, -0.1) is 0 Å². The van der Waals surface area contributed by atoms with Crippen LogP contribution < -0.4 is 0 Å². The Labute approximate surface area is 180 Å². The third-order valence-electron chi connectivity index (χ3n) is 6.03. The van der Waals surface area contributed by atoms with E-state index in [2.05, 4.69) is 4.90 Å². The minimum Gasteiger partial charge on any atom is -0.379 e. The van der Waals surface area contributed by atoms with Crippen molar-refractivity contribution in [2.45, 2.75) is 17.0 Å². The fourth-order valence-corrected chi connectivity index (χ4v) is 5.94. The molecule has 2 fully saturated rings. The number of alkyl halides is 3. The molecule has 2 atom stereocenters. The monoisotopic (exact) mass is 454 g/mol. The summed E-state index contributed by atoms with van der Waals surface area (Å²) in [5, 5.41) is 0. The first-order valence-electron chi connectivity index (χ1n) is 10.3. The van der Waals surface area contributed by atoms with Crippen LogP contribution in [0.4, 0.5) is 13.2 Å². The standard InChI is InChI=1S/C22H25F3N2O3S/c23-22(24,25)19-6-4-5-17(13-19)21-16-27(31(28,29)20-7-2-1-3-8-20)15-18(21)14-26-9-11-30-12-10-26/h1-8,13,18,21H,9-12,14-16H2/t18-,21+/m0/s1. The molecule has 4 rings (SSSR count). The number of rotatable bonds is 5. The number of halogens is 3. The third-order valence-corrected chi connectivity index (χ3v) is 7.87. The Balaban J connectivity index is 1.64. The number of nitrogens with zero attached hydrogens (tertiary/aromatic N) is 2. The van der Waals surface area contributed by atoms with Crippen molar-refractivity contribution in [2.75, 3.05) is 45.9 Å². The van der Waals surface area contributed by atoms with E-state index < -0.39 is 21.8 Å². The van der Waals surface area contributed by atoms with Crippen molar-refractivity contribution >= 4 is 10.0 Å². The maximum absolute atomic E-state index is 13.3. The lowest BCUT2D eigenvalue weighted by atomic mass is 9.87. The molecule has 2 aromatic carbocycles. The van der Waals surface area contributed by atoms with Crippen molar-refractivity contribution in [3.05, 3.63) is 65.7 Å². The molecule has 2 aliphatic rings. The van der Waals surface area contributed by atoms with Gasteiger partial charge in [-0.3, -0.25) is 4.90 Å². The predicted octanol–water partition coefficient (Wildman–Crippen LogP) is 3.44. The lowest BCUT2D eigenvalue weighted by molar-refractivity contribution is -0.137. The van der Waals surface area contributed by atoms with Gasteiger partial charge in [0.15, 0.2) is 0 Å². The van der Waals surface area contributed by atoms with Gasteiger partial charge in [0.2, 0.25) is 10.0 Å². The van der Waals surface area contributed by atoms with Gasteiger partial charge in [-0.1, -0.05) is 36.4 Å². The van der Waals surface area contributed by atoms with Crippen LogP contribution in [0.15, 0.2) is 59.5 Å². The van der Waals surface area contributed by atoms with E-state index in [0.717, 1.165) is 25.2 Å². The lowest BCUT2D eigenvalue weighted by Gasteiger charge is -2.31. The zero-order valence-corrected chi connectivity index (χ0v) is 17.8. The predicted molar refractivity (Wildman–Crippen MR) is 110 cm³/mol. The summed E-state index contributed by atoms with van der Waals surface area (Å²) in [6, 6.07) is 13.5. The van der Waals surface area contributed by atoms with Crippen LogP contribution in [0, 0.1) is 5.92 Å². The summed E-state index contributed by atoms with van der Waals surface area (Å²) in [6.45, 7) is 3.72. The molecule has 0 bridgehead atoms. The lowest BCUT2D eigenvalue weighted by Crippen LogP contribution is -2.41. The summed E-state index contributed by atoms with van der Waals surface area (Å²) in [5.41, 5.74) is -0.182. The highest BCUT2D eigenvalue weighted by Crippen LogP contribution is 2.38. The molecule has 9 heteroatoms. The molecule has 0 amide bonds. The first-order chi connectivity index (χ1) is 14.7. The average molecular weight is 455 g/mol. The first kappa shape index (κ1) is 22.3. The zero-order chi connectivity index (χ0) is 22.1. The van der Waals surface area contributed by atoms with Gasteiger partial charge < -0.3 is 4.74 Å². The molecule has 5 nitrogen and oxygen atoms in total. The molecule has 168 valence electrons. The van der Waals surface area contributed by atoms with Gasteiger partial charge in [0.25, 0.3) is 0 Å². The number of ether oxygens (including phenoxy) is 1. The van der Waals surface area contributed by atoms with Crippen LogP contribution in [0.5, 0.6) is 0 Å². The largest absolute Gasteiger partial charge is 0.416 e. The Morgan fingerprint density at radius 3 is 2.35 bits per heavy atom. The molecule has 0 unspecified atom stereocenters. The minimum atomic E-state index is -4.44. The maximum Gasteiger partial charge on any atom is 0.416 e. The fourth-order valence-electron chi connectivity index (χ4n) is 4.39. The topological polar surface area (TPSA) is 49.9 Å². The van der Waals surface area contributed by atoms with E-state index in [0.29, 0.717) is 25.3 Å². The molecular formula is C22H25F3N2O3S. The van der Waals surface area contributed by atoms with Gasteiger partial charge in [-0.25, -0.2) is 8.42 Å². The van der Waals surface area contributed by atoms with Crippen molar-refractivity contribution in [2.24, 2.45) is 5.92 Å². The summed E-state index contributed by atoms with van der Waals surface area (Å²) in [4.78, 5) is 2.40. The average Bonchev–Trinajstić information content (AvgIpc) is 3.19. The second kappa shape index (κ2) is 8.90. The van der Waals surface area contributed by atoms with Crippen molar-refractivity contribution in [3.8, 4) is 0 Å². The van der Waals surface area contributed by atoms with Gasteiger partial charge in [-0.05, 0) is 29.7 Å². The smallest absolute Gasteiger partial charge is 0.379 e. The van der Waals surface area contributed by atoms with Crippen molar-refractivity contribution in [3.63, 3.8) is 0 Å². The Kier molecular flexibility index (Phi) is 6.39. The SMILES string of the molecule is O=S(=O)(c1ccccc1)N1C[C@H](CN2CCOCC2)[C@@H](c2cccc(C(F)(F)F)c2)C1. The van der Waals surface area contributed by atoms with Gasteiger partial charge in [0.1, 0.15) is 0 Å². The molecule has 0 saturated carbocycles. The Hall–Kier alpha value is -1.94. The fraction of sp³-hybridized carbons (Fsp3) is 0.455. The molecule has 0 aromatic heterocycles. The quantitative estimate of drug-likeness (QED) is 0.695. The molecule has 2 saturated heterocycles. The van der Waals surface area contributed by atoms with Gasteiger partial charge >= 0.3 is 6.18 Å². The number of morpholine rings is 1. The summed E-state index contributed by atoms with van der Waals surface area (Å²) in [7, 11) is -3.72. The van der Waals surface area contributed by atoms with Crippen LogP contribution in [0.2, 0.25) is 0 Å². The van der Waals surface area contributed by atoms with Crippen molar-refractivity contribution in [1.29, 1.82) is 0 Å². The van der Waals surface area contributed by atoms with E-state index in [4.69, 9.17) is 4.74 Å². The van der Waals surface area contributed by atoms with E-state index in [9.17, 15) is 21.6 Å². The number of hydrogen-bond donors (Lipinski definition) is 0. The summed E-state index contributed by atoms with van der Waals surface area (Å²) < 4.78 is 73.0. The molecule has 0 N–H and O–H groups in total. The van der Waals surface area contributed by atoms with Crippen LogP contribution in [-0.4, -0.2) is 63.6 Å². The molecule has 2 heterocycles. The Morgan fingerprint density at radius 2 is 1.68 bits per heavy atom. The van der Waals surface area contributed by atoms with Gasteiger partial charge in [-0.2, -0.15) is 17.5 Å². The molecule has 0 radical (unpaired) electrons. The highest BCUT2D eigenvalue weighted by molar-refractivity contribution is 7.89. The molecule has 0 aliphatic carbocycles. The van der Waals surface area contributed by atoms with Gasteiger partial charge in [0.05, 0.1) is 23.7 Å². The summed E-state index contributed by atoms with van der Waals surface area (Å²) in [6.07, 6.45) is -4.44. The normalized spacial score (nSPS) is 23.8. The van der Waals surface area contributed by atoms with E-state index >= 15 is 0 Å². The maximum atomic E-state index is 13.3. The second-order valence-electron chi connectivity index (χ2n) is 8.04. The highest BCUT2D eigenvalue weighted by Gasteiger charge is 2.41. The number of hydrogen-bond acceptors (Lipinski definition) is 4. The van der Waals surface area contributed by atoms with Crippen molar-refractivity contribution in [1.82, 2.24) is 9.21 Å². The summed E-state index contributed by atoms with van der Waals surface area (Å²) in [5.74, 6) is -0.427. The van der Waals surface area contributed by atoms with Crippen LogP contribution in [0.25, 0.3) is 0 Å². The van der Waals surface area contributed by atoms with Crippen LogP contribution in [0.1, 0.15) is 17.0 Å². The van der Waals surface area contributed by atoms with Crippen LogP contribution in [-0.2, 0) is 20.9 Å². The number of sulfonamides is 1. The molecule has 2 aromatic rings. The van der Waals surface area contributed by atoms with E-state index in [1.165, 1.54) is 10.4 Å². The van der Waals surface area contributed by atoms with E-state index in [1.54, 1.807) is 36.4 Å². The van der Waals surface area contributed by atoms with Gasteiger partial charge in [0, 0.05) is 38.6 Å². The molecular weight excluding hydrogens is 429 g/mol. The summed E-state index contributed by atoms with van der Waals surface area (Å²) >= 11 is 0. The van der Waals surface area contributed by atoms with Crippen LogP contribution >= 0.6 is 0 Å². The molecule has 31 heavy (non-hydrogen) atoms. The Morgan fingerprint density at radius 1 is 0.968 bits per heavy atom. The van der Waals surface area contributed by atoms with E-state index in [-0.39, 0.29) is 29.8 Å². The van der Waals surface area contributed by atoms with Crippen molar-refractivity contribution < 1.29 is 26.3 Å². The van der Waals surface area contributed by atoms with Crippen LogP contribution in [0.3, 0.4) is 0 Å². The highest BCUT2D eigenvalue weighted by atomic mass is 32.2. The zero-order valence-electron chi connectivity index (χ0n) is 17.0. The van der Waals surface area contributed by atoms with E-state index in [1.807, 2.05) is 0 Å². The molecule has 2 aliphatic heterocycles. The first-order valence-corrected chi connectivity index (χ1v) is 11.7. The number of benzene rings is 2. The Bertz CT molecular complexity index is 993. The second-order valence-corrected chi connectivity index (χ2v) is 9.98. The minimum absolute atomic E-state index is 0.111. The third kappa shape index (κ3) is 4.95. The molecule has 0 spiro atoms.